The largest absolute Gasteiger partial charge is 0.481 e. The molecule has 1 aromatic heterocycles. The number of carbonyl (C=O) groups is 3. The van der Waals surface area contributed by atoms with Crippen LogP contribution in [0.3, 0.4) is 0 Å². The number of fused-ring (bicyclic) bond motifs is 1. The second-order valence-corrected chi connectivity index (χ2v) is 6.27. The molecule has 6 nitrogen and oxygen atoms in total. The van der Waals surface area contributed by atoms with Gasteiger partial charge in [-0.1, -0.05) is 12.1 Å². The molecule has 1 aromatic carbocycles. The van der Waals surface area contributed by atoms with E-state index in [9.17, 15) is 14.4 Å². The first-order chi connectivity index (χ1) is 11.9. The van der Waals surface area contributed by atoms with Crippen LogP contribution in [-0.4, -0.2) is 22.8 Å². The molecule has 1 aliphatic carbocycles. The summed E-state index contributed by atoms with van der Waals surface area (Å²) >= 11 is 0. The van der Waals surface area contributed by atoms with Crippen molar-refractivity contribution in [3.8, 4) is 0 Å². The maximum atomic E-state index is 12.5. The number of amides is 1. The van der Waals surface area contributed by atoms with Crippen LogP contribution in [0.4, 0.5) is 5.69 Å². The molecule has 0 saturated carbocycles. The van der Waals surface area contributed by atoms with Gasteiger partial charge in [-0.2, -0.15) is 0 Å². The van der Waals surface area contributed by atoms with Crippen molar-refractivity contribution in [2.45, 2.75) is 39.0 Å². The van der Waals surface area contributed by atoms with Crippen LogP contribution in [-0.2, 0) is 11.2 Å². The Bertz CT molecular complexity index is 865. The molecule has 0 fully saturated rings. The summed E-state index contributed by atoms with van der Waals surface area (Å²) in [5.41, 5.74) is 2.17. The SMILES string of the molecule is Cc1c(C(=O)Nc2cccc(C(C)C(=O)O)c2)oc2c1C(=O)CCC2. The van der Waals surface area contributed by atoms with Crippen molar-refractivity contribution in [1.82, 2.24) is 0 Å². The van der Waals surface area contributed by atoms with E-state index < -0.39 is 17.8 Å². The van der Waals surface area contributed by atoms with E-state index in [1.165, 1.54) is 0 Å². The lowest BCUT2D eigenvalue weighted by Gasteiger charge is -2.09. The zero-order valence-corrected chi connectivity index (χ0v) is 14.1. The van der Waals surface area contributed by atoms with Gasteiger partial charge in [-0.3, -0.25) is 14.4 Å². The van der Waals surface area contributed by atoms with Crippen molar-refractivity contribution in [2.75, 3.05) is 5.32 Å². The molecule has 130 valence electrons. The van der Waals surface area contributed by atoms with Crippen molar-refractivity contribution >= 4 is 23.3 Å². The van der Waals surface area contributed by atoms with Crippen LogP contribution in [0.1, 0.15) is 63.5 Å². The van der Waals surface area contributed by atoms with Gasteiger partial charge in [0.1, 0.15) is 5.76 Å². The smallest absolute Gasteiger partial charge is 0.310 e. The molecule has 1 unspecified atom stereocenters. The molecule has 2 N–H and O–H groups in total. The lowest BCUT2D eigenvalue weighted by Crippen LogP contribution is -2.14. The quantitative estimate of drug-likeness (QED) is 0.886. The predicted octanol–water partition coefficient (Wildman–Crippen LogP) is 3.55. The Morgan fingerprint density at radius 1 is 1.28 bits per heavy atom. The first-order valence-electron chi connectivity index (χ1n) is 8.18. The van der Waals surface area contributed by atoms with E-state index in [1.807, 2.05) is 0 Å². The third-order valence-electron chi connectivity index (χ3n) is 4.53. The Morgan fingerprint density at radius 3 is 2.72 bits per heavy atom. The van der Waals surface area contributed by atoms with E-state index in [0.29, 0.717) is 41.0 Å². The Labute approximate surface area is 144 Å². The maximum absolute atomic E-state index is 12.5. The van der Waals surface area contributed by atoms with Crippen molar-refractivity contribution in [2.24, 2.45) is 0 Å². The number of Topliss-reactive ketones (excluding diaryl/α,β-unsaturated/α-hetero) is 1. The highest BCUT2D eigenvalue weighted by Crippen LogP contribution is 2.30. The number of carboxylic acids is 1. The third kappa shape index (κ3) is 3.20. The van der Waals surface area contributed by atoms with Gasteiger partial charge in [0.15, 0.2) is 11.5 Å². The number of aryl methyl sites for hydroxylation is 1. The number of nitrogens with one attached hydrogen (secondary N) is 1. The minimum atomic E-state index is -0.934. The van der Waals surface area contributed by atoms with Gasteiger partial charge in [0, 0.05) is 24.1 Å². The molecule has 0 aliphatic heterocycles. The molecule has 1 heterocycles. The first-order valence-corrected chi connectivity index (χ1v) is 8.18. The number of aliphatic carboxylic acids is 1. The zero-order valence-electron chi connectivity index (χ0n) is 14.1. The summed E-state index contributed by atoms with van der Waals surface area (Å²) in [6.45, 7) is 3.29. The average Bonchev–Trinajstić information content (AvgIpc) is 2.92. The van der Waals surface area contributed by atoms with E-state index >= 15 is 0 Å². The molecule has 1 amide bonds. The van der Waals surface area contributed by atoms with Gasteiger partial charge in [-0.25, -0.2) is 0 Å². The minimum absolute atomic E-state index is 0.0128. The van der Waals surface area contributed by atoms with E-state index in [0.717, 1.165) is 6.42 Å². The number of benzene rings is 1. The van der Waals surface area contributed by atoms with Crippen LogP contribution in [0.2, 0.25) is 0 Å². The van der Waals surface area contributed by atoms with E-state index in [4.69, 9.17) is 9.52 Å². The molecule has 0 bridgehead atoms. The highest BCUT2D eigenvalue weighted by atomic mass is 16.4. The van der Waals surface area contributed by atoms with Gasteiger partial charge in [0.25, 0.3) is 5.91 Å². The Kier molecular flexibility index (Phi) is 4.44. The number of furan rings is 1. The Hall–Kier alpha value is -2.89. The second kappa shape index (κ2) is 6.55. The van der Waals surface area contributed by atoms with Gasteiger partial charge in [-0.15, -0.1) is 0 Å². The van der Waals surface area contributed by atoms with E-state index in [2.05, 4.69) is 5.32 Å². The monoisotopic (exact) mass is 341 g/mol. The number of ketones is 1. The summed E-state index contributed by atoms with van der Waals surface area (Å²) in [6.07, 6.45) is 1.86. The van der Waals surface area contributed by atoms with Crippen LogP contribution in [0.5, 0.6) is 0 Å². The van der Waals surface area contributed by atoms with Crippen molar-refractivity contribution in [3.63, 3.8) is 0 Å². The van der Waals surface area contributed by atoms with Crippen LogP contribution >= 0.6 is 0 Å². The lowest BCUT2D eigenvalue weighted by atomic mass is 9.94. The summed E-state index contributed by atoms with van der Waals surface area (Å²) < 4.78 is 5.63. The number of anilines is 1. The molecule has 6 heteroatoms. The molecule has 3 rings (SSSR count). The van der Waals surface area contributed by atoms with Crippen molar-refractivity contribution in [3.05, 3.63) is 52.5 Å². The number of carboxylic acid groups (broad SMARTS) is 1. The van der Waals surface area contributed by atoms with Gasteiger partial charge in [-0.05, 0) is 38.0 Å². The average molecular weight is 341 g/mol. The highest BCUT2D eigenvalue weighted by Gasteiger charge is 2.28. The number of hydrogen-bond donors (Lipinski definition) is 2. The summed E-state index contributed by atoms with van der Waals surface area (Å²) in [7, 11) is 0. The topological polar surface area (TPSA) is 96.6 Å². The Balaban J connectivity index is 1.85. The van der Waals surface area contributed by atoms with Gasteiger partial charge >= 0.3 is 5.97 Å². The number of hydrogen-bond acceptors (Lipinski definition) is 4. The van der Waals surface area contributed by atoms with E-state index in [1.54, 1.807) is 38.1 Å². The van der Waals surface area contributed by atoms with Gasteiger partial charge in [0.05, 0.1) is 11.5 Å². The van der Waals surface area contributed by atoms with Crippen LogP contribution in [0.25, 0.3) is 0 Å². The maximum Gasteiger partial charge on any atom is 0.310 e. The van der Waals surface area contributed by atoms with Crippen molar-refractivity contribution < 1.29 is 23.9 Å². The minimum Gasteiger partial charge on any atom is -0.481 e. The highest BCUT2D eigenvalue weighted by molar-refractivity contribution is 6.07. The second-order valence-electron chi connectivity index (χ2n) is 6.27. The summed E-state index contributed by atoms with van der Waals surface area (Å²) in [5.74, 6) is -1.33. The number of carbonyl (C=O) groups excluding carboxylic acids is 2. The fourth-order valence-electron chi connectivity index (χ4n) is 3.08. The van der Waals surface area contributed by atoms with Crippen molar-refractivity contribution in [1.29, 1.82) is 0 Å². The molecule has 0 spiro atoms. The molecule has 2 aromatic rings. The third-order valence-corrected chi connectivity index (χ3v) is 4.53. The van der Waals surface area contributed by atoms with Crippen LogP contribution in [0.15, 0.2) is 28.7 Å². The van der Waals surface area contributed by atoms with Gasteiger partial charge < -0.3 is 14.8 Å². The molecular formula is C19H19NO5. The zero-order chi connectivity index (χ0) is 18.1. The predicted molar refractivity (Wildman–Crippen MR) is 91.2 cm³/mol. The normalized spacial score (nSPS) is 14.7. The number of rotatable bonds is 4. The van der Waals surface area contributed by atoms with Crippen LogP contribution < -0.4 is 5.32 Å². The summed E-state index contributed by atoms with van der Waals surface area (Å²) in [6, 6.07) is 6.69. The fraction of sp³-hybridized carbons (Fsp3) is 0.316. The molecule has 0 saturated heterocycles. The summed E-state index contributed by atoms with van der Waals surface area (Å²) in [4.78, 5) is 35.7. The Morgan fingerprint density at radius 2 is 2.04 bits per heavy atom. The molecular weight excluding hydrogens is 322 g/mol. The molecule has 1 atom stereocenters. The summed E-state index contributed by atoms with van der Waals surface area (Å²) in [5, 5.41) is 11.8. The molecule has 0 radical (unpaired) electrons. The van der Waals surface area contributed by atoms with Crippen LogP contribution in [0, 0.1) is 6.92 Å². The van der Waals surface area contributed by atoms with Gasteiger partial charge in [0.2, 0.25) is 0 Å². The first kappa shape index (κ1) is 17.0. The fourth-order valence-corrected chi connectivity index (χ4v) is 3.08. The van der Waals surface area contributed by atoms with E-state index in [-0.39, 0.29) is 11.5 Å². The molecule has 1 aliphatic rings. The lowest BCUT2D eigenvalue weighted by molar-refractivity contribution is -0.138. The molecule has 25 heavy (non-hydrogen) atoms. The standard InChI is InChI=1S/C19H19NO5/c1-10(19(23)24)12-5-3-6-13(9-12)20-18(22)17-11(2)16-14(21)7-4-8-15(16)25-17/h3,5-6,9-10H,4,7-8H2,1-2H3,(H,20,22)(H,23,24).